The summed E-state index contributed by atoms with van der Waals surface area (Å²) in [7, 11) is 0. The van der Waals surface area contributed by atoms with Crippen LogP contribution in [0.15, 0.2) is 25.0 Å². The van der Waals surface area contributed by atoms with Crippen LogP contribution in [-0.2, 0) is 27.2 Å². The molecule has 0 unspecified atom stereocenters. The van der Waals surface area contributed by atoms with Crippen LogP contribution in [-0.4, -0.2) is 67.5 Å². The highest BCUT2D eigenvalue weighted by Gasteiger charge is 2.30. The summed E-state index contributed by atoms with van der Waals surface area (Å²) in [5.41, 5.74) is 1.23. The van der Waals surface area contributed by atoms with E-state index in [1.54, 1.807) is 6.20 Å². The predicted molar refractivity (Wildman–Crippen MR) is 97.1 cm³/mol. The standard InChI is InChI=1S/C17H23N7O4/c25-15(12-2-1-3-20-12)23-13(4-10-6-18-8-21-10)16(26)24-14(17(27)28)5-11-7-19-9-22-11/h6-9,12-14,20H,1-5H2,(H,18,21)(H,19,22)(H,23,25)(H,24,26)(H,27,28)/t12-,13-,14-/m0/s1. The minimum absolute atomic E-state index is 0.0516. The summed E-state index contributed by atoms with van der Waals surface area (Å²) in [6.45, 7) is 0.751. The minimum atomic E-state index is -1.17. The highest BCUT2D eigenvalue weighted by molar-refractivity contribution is 5.92. The van der Waals surface area contributed by atoms with Gasteiger partial charge in [0, 0.05) is 36.6 Å². The van der Waals surface area contributed by atoms with Gasteiger partial charge in [0.25, 0.3) is 0 Å². The number of nitrogens with zero attached hydrogens (tertiary/aromatic N) is 2. The molecule has 2 aromatic heterocycles. The number of imidazole rings is 2. The van der Waals surface area contributed by atoms with E-state index >= 15 is 0 Å². The SMILES string of the molecule is O=C(O)[C@H](Cc1cnc[nH]1)NC(=O)[C@H](Cc1cnc[nH]1)NC(=O)[C@@H]1CCCN1. The van der Waals surface area contributed by atoms with E-state index in [1.807, 2.05) is 0 Å². The second-order valence-corrected chi connectivity index (χ2v) is 6.67. The number of hydrogen-bond acceptors (Lipinski definition) is 6. The van der Waals surface area contributed by atoms with Crippen molar-refractivity contribution in [3.8, 4) is 0 Å². The summed E-state index contributed by atoms with van der Waals surface area (Å²) in [6.07, 6.45) is 7.77. The Morgan fingerprint density at radius 1 is 1.07 bits per heavy atom. The molecule has 150 valence electrons. The molecule has 3 rings (SSSR count). The Labute approximate surface area is 160 Å². The Bertz CT molecular complexity index is 785. The lowest BCUT2D eigenvalue weighted by Crippen LogP contribution is -2.55. The summed E-state index contributed by atoms with van der Waals surface area (Å²) < 4.78 is 0. The molecule has 11 nitrogen and oxygen atoms in total. The Morgan fingerprint density at radius 2 is 1.71 bits per heavy atom. The van der Waals surface area contributed by atoms with Gasteiger partial charge < -0.3 is 31.0 Å². The number of nitrogens with one attached hydrogen (secondary N) is 5. The fourth-order valence-corrected chi connectivity index (χ4v) is 3.09. The zero-order valence-corrected chi connectivity index (χ0v) is 15.1. The lowest BCUT2D eigenvalue weighted by molar-refractivity contribution is -0.142. The molecule has 0 spiro atoms. The number of rotatable bonds is 9. The maximum absolute atomic E-state index is 12.8. The van der Waals surface area contributed by atoms with Crippen molar-refractivity contribution in [2.45, 2.75) is 43.8 Å². The van der Waals surface area contributed by atoms with Gasteiger partial charge in [0.2, 0.25) is 11.8 Å². The van der Waals surface area contributed by atoms with Crippen LogP contribution in [0.5, 0.6) is 0 Å². The summed E-state index contributed by atoms with van der Waals surface area (Å²) in [5, 5.41) is 17.8. The molecule has 0 aromatic carbocycles. The van der Waals surface area contributed by atoms with E-state index in [0.717, 1.165) is 13.0 Å². The van der Waals surface area contributed by atoms with Gasteiger partial charge in [-0.05, 0) is 19.4 Å². The van der Waals surface area contributed by atoms with E-state index in [1.165, 1.54) is 18.9 Å². The average Bonchev–Trinajstić information content (AvgIpc) is 3.42. The van der Waals surface area contributed by atoms with Crippen molar-refractivity contribution in [1.82, 2.24) is 35.9 Å². The van der Waals surface area contributed by atoms with E-state index in [0.29, 0.717) is 17.8 Å². The third kappa shape index (κ3) is 5.16. The molecule has 11 heteroatoms. The molecule has 1 saturated heterocycles. The number of amides is 2. The number of H-pyrrole nitrogens is 2. The maximum atomic E-state index is 12.8. The molecule has 2 amide bonds. The number of aliphatic carboxylic acids is 1. The number of carboxylic acid groups (broad SMARTS) is 1. The van der Waals surface area contributed by atoms with Crippen LogP contribution in [0, 0.1) is 0 Å². The molecule has 3 atom stereocenters. The molecule has 6 N–H and O–H groups in total. The number of carbonyl (C=O) groups excluding carboxylic acids is 2. The van der Waals surface area contributed by atoms with Crippen LogP contribution >= 0.6 is 0 Å². The van der Waals surface area contributed by atoms with Gasteiger partial charge in [0.05, 0.1) is 18.7 Å². The highest BCUT2D eigenvalue weighted by Crippen LogP contribution is 2.07. The molecule has 1 aliphatic rings. The van der Waals surface area contributed by atoms with Gasteiger partial charge in [0.15, 0.2) is 0 Å². The van der Waals surface area contributed by atoms with E-state index in [9.17, 15) is 19.5 Å². The minimum Gasteiger partial charge on any atom is -0.480 e. The smallest absolute Gasteiger partial charge is 0.326 e. The van der Waals surface area contributed by atoms with Crippen LogP contribution in [0.1, 0.15) is 24.2 Å². The molecule has 0 saturated carbocycles. The molecular formula is C17H23N7O4. The monoisotopic (exact) mass is 389 g/mol. The van der Waals surface area contributed by atoms with Crippen LogP contribution in [0.3, 0.4) is 0 Å². The summed E-state index contributed by atoms with van der Waals surface area (Å²) in [5.74, 6) is -2.03. The first kappa shape index (κ1) is 19.5. The quantitative estimate of drug-likeness (QED) is 0.311. The Hall–Kier alpha value is -3.21. The van der Waals surface area contributed by atoms with Crippen molar-refractivity contribution in [2.75, 3.05) is 6.54 Å². The van der Waals surface area contributed by atoms with Crippen LogP contribution in [0.25, 0.3) is 0 Å². The fourth-order valence-electron chi connectivity index (χ4n) is 3.09. The predicted octanol–water partition coefficient (Wildman–Crippen LogP) is -1.28. The number of aromatic amines is 2. The first-order valence-corrected chi connectivity index (χ1v) is 9.04. The molecule has 0 aliphatic carbocycles. The van der Waals surface area contributed by atoms with Crippen molar-refractivity contribution >= 4 is 17.8 Å². The second-order valence-electron chi connectivity index (χ2n) is 6.67. The second kappa shape index (κ2) is 9.13. The van der Waals surface area contributed by atoms with Crippen LogP contribution < -0.4 is 16.0 Å². The van der Waals surface area contributed by atoms with Gasteiger partial charge in [-0.25, -0.2) is 14.8 Å². The van der Waals surface area contributed by atoms with Crippen LogP contribution in [0.4, 0.5) is 0 Å². The molecule has 1 fully saturated rings. The zero-order chi connectivity index (χ0) is 19.9. The van der Waals surface area contributed by atoms with Crippen molar-refractivity contribution in [3.63, 3.8) is 0 Å². The number of carbonyl (C=O) groups is 3. The third-order valence-electron chi connectivity index (χ3n) is 4.58. The van der Waals surface area contributed by atoms with Gasteiger partial charge >= 0.3 is 5.97 Å². The summed E-state index contributed by atoms with van der Waals surface area (Å²) >= 11 is 0. The van der Waals surface area contributed by atoms with Gasteiger partial charge in [-0.2, -0.15) is 0 Å². The lowest BCUT2D eigenvalue weighted by atomic mass is 10.1. The molecule has 3 heterocycles. The van der Waals surface area contributed by atoms with Gasteiger partial charge in [0.1, 0.15) is 12.1 Å². The molecule has 0 radical (unpaired) electrons. The summed E-state index contributed by atoms with van der Waals surface area (Å²) in [4.78, 5) is 50.3. The Morgan fingerprint density at radius 3 is 2.21 bits per heavy atom. The first-order chi connectivity index (χ1) is 13.5. The largest absolute Gasteiger partial charge is 0.480 e. The molecule has 0 bridgehead atoms. The highest BCUT2D eigenvalue weighted by atomic mass is 16.4. The van der Waals surface area contributed by atoms with E-state index in [4.69, 9.17) is 0 Å². The van der Waals surface area contributed by atoms with E-state index < -0.39 is 24.0 Å². The first-order valence-electron chi connectivity index (χ1n) is 9.04. The van der Waals surface area contributed by atoms with E-state index in [2.05, 4.69) is 35.9 Å². The fraction of sp³-hybridized carbons (Fsp3) is 0.471. The Balaban J connectivity index is 1.68. The molecular weight excluding hydrogens is 366 g/mol. The molecule has 1 aliphatic heterocycles. The maximum Gasteiger partial charge on any atom is 0.326 e. The topological polar surface area (TPSA) is 165 Å². The van der Waals surface area contributed by atoms with Crippen molar-refractivity contribution in [3.05, 3.63) is 36.4 Å². The lowest BCUT2D eigenvalue weighted by Gasteiger charge is -2.22. The third-order valence-corrected chi connectivity index (χ3v) is 4.58. The zero-order valence-electron chi connectivity index (χ0n) is 15.1. The van der Waals surface area contributed by atoms with Crippen molar-refractivity contribution in [2.24, 2.45) is 0 Å². The molecule has 28 heavy (non-hydrogen) atoms. The van der Waals surface area contributed by atoms with Gasteiger partial charge in [-0.3, -0.25) is 9.59 Å². The number of aromatic nitrogens is 4. The average molecular weight is 389 g/mol. The van der Waals surface area contributed by atoms with Gasteiger partial charge in [-0.1, -0.05) is 0 Å². The molecule has 2 aromatic rings. The number of hydrogen-bond donors (Lipinski definition) is 6. The van der Waals surface area contributed by atoms with Crippen molar-refractivity contribution < 1.29 is 19.5 Å². The summed E-state index contributed by atoms with van der Waals surface area (Å²) in [6, 6.07) is -2.44. The van der Waals surface area contributed by atoms with E-state index in [-0.39, 0.29) is 24.8 Å². The normalized spacial score (nSPS) is 18.4. The van der Waals surface area contributed by atoms with Crippen LogP contribution in [0.2, 0.25) is 0 Å². The van der Waals surface area contributed by atoms with Crippen molar-refractivity contribution in [1.29, 1.82) is 0 Å². The van der Waals surface area contributed by atoms with Gasteiger partial charge in [-0.15, -0.1) is 0 Å². The number of carboxylic acids is 1. The Kier molecular flexibility index (Phi) is 6.37.